The number of amides is 3. The largest absolute Gasteiger partial charge is 0.481 e. The van der Waals surface area contributed by atoms with Crippen LogP contribution in [-0.4, -0.2) is 87.8 Å². The number of hydrogen-bond acceptors (Lipinski definition) is 8. The van der Waals surface area contributed by atoms with Crippen LogP contribution in [0.1, 0.15) is 52.9 Å². The highest BCUT2D eigenvalue weighted by Crippen LogP contribution is 2.08. The van der Waals surface area contributed by atoms with Crippen LogP contribution in [0.25, 0.3) is 0 Å². The normalized spacial score (nSPS) is 15.1. The third-order valence-electron chi connectivity index (χ3n) is 4.97. The lowest BCUT2D eigenvalue weighted by Crippen LogP contribution is -2.58. The number of guanidine groups is 1. The molecule has 0 aliphatic heterocycles. The van der Waals surface area contributed by atoms with Crippen molar-refractivity contribution < 1.29 is 39.3 Å². The Labute approximate surface area is 209 Å². The van der Waals surface area contributed by atoms with Crippen molar-refractivity contribution in [3.05, 3.63) is 0 Å². The highest BCUT2D eigenvalue weighted by Gasteiger charge is 2.32. The summed E-state index contributed by atoms with van der Waals surface area (Å²) >= 11 is 0. The van der Waals surface area contributed by atoms with Crippen molar-refractivity contribution in [1.29, 1.82) is 0 Å². The molecule has 0 radical (unpaired) electrons. The molecule has 0 fully saturated rings. The van der Waals surface area contributed by atoms with Gasteiger partial charge in [0, 0.05) is 13.0 Å². The van der Waals surface area contributed by atoms with E-state index in [0.717, 1.165) is 6.92 Å². The van der Waals surface area contributed by atoms with Crippen LogP contribution in [0, 0.1) is 5.92 Å². The first-order valence-electron chi connectivity index (χ1n) is 11.5. The van der Waals surface area contributed by atoms with Gasteiger partial charge in [-0.1, -0.05) is 13.8 Å². The molecule has 5 atom stereocenters. The van der Waals surface area contributed by atoms with Crippen LogP contribution in [0.2, 0.25) is 0 Å². The number of aliphatic imine (C=N–C) groups is 1. The van der Waals surface area contributed by atoms with Crippen LogP contribution in [-0.2, 0) is 24.0 Å². The minimum Gasteiger partial charge on any atom is -0.481 e. The first-order chi connectivity index (χ1) is 16.6. The summed E-state index contributed by atoms with van der Waals surface area (Å²) in [4.78, 5) is 64.3. The Morgan fingerprint density at radius 2 is 1.42 bits per heavy atom. The Hall–Kier alpha value is -3.46. The topological polar surface area (TPSA) is 273 Å². The molecule has 0 aliphatic rings. The summed E-state index contributed by atoms with van der Waals surface area (Å²) < 4.78 is 0. The van der Waals surface area contributed by atoms with Crippen molar-refractivity contribution in [2.24, 2.45) is 28.1 Å². The minimum atomic E-state index is -1.68. The monoisotopic (exact) mass is 517 g/mol. The van der Waals surface area contributed by atoms with Crippen molar-refractivity contribution in [2.75, 3.05) is 6.54 Å². The fraction of sp³-hybridized carbons (Fsp3) is 0.714. The summed E-state index contributed by atoms with van der Waals surface area (Å²) in [6.07, 6.45) is -1.49. The van der Waals surface area contributed by atoms with Gasteiger partial charge in [0.15, 0.2) is 12.0 Å². The van der Waals surface area contributed by atoms with E-state index in [9.17, 15) is 34.2 Å². The SMILES string of the molecule is CC(C)CC(NC(=O)C(N)CCCN=C(N)N)C(=O)NC(CCC(=O)O)C(=O)NC(C(=O)O)C(C)O. The molecule has 0 aromatic rings. The van der Waals surface area contributed by atoms with E-state index in [-0.39, 0.29) is 37.7 Å². The molecule has 15 nitrogen and oxygen atoms in total. The van der Waals surface area contributed by atoms with Crippen LogP contribution < -0.4 is 33.2 Å². The van der Waals surface area contributed by atoms with Gasteiger partial charge in [0.1, 0.15) is 12.1 Å². The van der Waals surface area contributed by atoms with E-state index in [0.29, 0.717) is 6.42 Å². The summed E-state index contributed by atoms with van der Waals surface area (Å²) in [5.41, 5.74) is 16.4. The van der Waals surface area contributed by atoms with Gasteiger partial charge < -0.3 is 48.5 Å². The summed E-state index contributed by atoms with van der Waals surface area (Å²) in [5.74, 6) is -5.30. The zero-order valence-electron chi connectivity index (χ0n) is 20.8. The minimum absolute atomic E-state index is 0.0583. The van der Waals surface area contributed by atoms with Crippen molar-refractivity contribution in [1.82, 2.24) is 16.0 Å². The lowest BCUT2D eigenvalue weighted by molar-refractivity contribution is -0.145. The van der Waals surface area contributed by atoms with Crippen molar-refractivity contribution in [3.8, 4) is 0 Å². The van der Waals surface area contributed by atoms with Gasteiger partial charge in [-0.2, -0.15) is 0 Å². The number of carbonyl (C=O) groups excluding carboxylic acids is 3. The molecule has 0 aliphatic carbocycles. The maximum Gasteiger partial charge on any atom is 0.328 e. The van der Waals surface area contributed by atoms with Gasteiger partial charge in [-0.15, -0.1) is 0 Å². The Morgan fingerprint density at radius 3 is 1.89 bits per heavy atom. The molecular formula is C21H39N7O8. The molecule has 12 N–H and O–H groups in total. The number of rotatable bonds is 17. The first kappa shape index (κ1) is 32.5. The van der Waals surface area contributed by atoms with Crippen molar-refractivity contribution in [2.45, 2.75) is 83.1 Å². The number of hydrogen-bond donors (Lipinski definition) is 9. The molecule has 5 unspecified atom stereocenters. The van der Waals surface area contributed by atoms with E-state index in [4.69, 9.17) is 22.3 Å². The zero-order valence-corrected chi connectivity index (χ0v) is 20.8. The third kappa shape index (κ3) is 13.4. The Balaban J connectivity index is 5.46. The molecule has 0 heterocycles. The smallest absolute Gasteiger partial charge is 0.328 e. The van der Waals surface area contributed by atoms with Gasteiger partial charge in [-0.05, 0) is 38.5 Å². The van der Waals surface area contributed by atoms with E-state index >= 15 is 0 Å². The fourth-order valence-corrected chi connectivity index (χ4v) is 3.08. The van der Waals surface area contributed by atoms with Gasteiger partial charge in [-0.3, -0.25) is 24.2 Å². The number of carbonyl (C=O) groups is 5. The molecule has 0 saturated carbocycles. The predicted octanol–water partition coefficient (Wildman–Crippen LogP) is -2.80. The molecule has 0 aromatic heterocycles. The second-order valence-electron chi connectivity index (χ2n) is 8.80. The Kier molecular flexibility index (Phi) is 14.7. The highest BCUT2D eigenvalue weighted by atomic mass is 16.4. The van der Waals surface area contributed by atoms with E-state index in [1.807, 2.05) is 0 Å². The van der Waals surface area contributed by atoms with E-state index in [1.165, 1.54) is 0 Å². The molecule has 3 amide bonds. The van der Waals surface area contributed by atoms with Gasteiger partial charge in [-0.25, -0.2) is 4.79 Å². The number of carboxylic acids is 2. The molecule has 15 heteroatoms. The van der Waals surface area contributed by atoms with E-state index in [2.05, 4.69) is 20.9 Å². The van der Waals surface area contributed by atoms with Crippen LogP contribution in [0.5, 0.6) is 0 Å². The molecule has 0 bridgehead atoms. The Morgan fingerprint density at radius 1 is 0.861 bits per heavy atom. The summed E-state index contributed by atoms with van der Waals surface area (Å²) in [6.45, 7) is 5.02. The van der Waals surface area contributed by atoms with Gasteiger partial charge >= 0.3 is 11.9 Å². The second kappa shape index (κ2) is 16.3. The number of nitrogens with zero attached hydrogens (tertiary/aromatic N) is 1. The highest BCUT2D eigenvalue weighted by molar-refractivity contribution is 5.94. The number of aliphatic hydroxyl groups excluding tert-OH is 1. The molecule has 0 spiro atoms. The number of aliphatic hydroxyl groups is 1. The molecule has 0 saturated heterocycles. The molecule has 36 heavy (non-hydrogen) atoms. The molecular weight excluding hydrogens is 478 g/mol. The second-order valence-corrected chi connectivity index (χ2v) is 8.80. The first-order valence-corrected chi connectivity index (χ1v) is 11.5. The lowest BCUT2D eigenvalue weighted by atomic mass is 10.0. The van der Waals surface area contributed by atoms with Crippen molar-refractivity contribution >= 4 is 35.6 Å². The van der Waals surface area contributed by atoms with Crippen molar-refractivity contribution in [3.63, 3.8) is 0 Å². The maximum absolute atomic E-state index is 13.0. The molecule has 0 aromatic carbocycles. The van der Waals surface area contributed by atoms with Crippen LogP contribution in [0.15, 0.2) is 4.99 Å². The van der Waals surface area contributed by atoms with E-state index in [1.54, 1.807) is 13.8 Å². The van der Waals surface area contributed by atoms with Gasteiger partial charge in [0.2, 0.25) is 17.7 Å². The molecule has 206 valence electrons. The number of nitrogens with two attached hydrogens (primary N) is 3. The number of aliphatic carboxylic acids is 2. The average molecular weight is 518 g/mol. The molecule has 0 rings (SSSR count). The third-order valence-corrected chi connectivity index (χ3v) is 4.97. The number of nitrogens with one attached hydrogen (secondary N) is 3. The standard InChI is InChI=1S/C21H39N7O8/c1-10(2)9-14(27-17(32)12(22)5-4-8-25-21(23)24)19(34)26-13(6-7-15(30)31)18(33)28-16(11(3)29)20(35)36/h10-14,16,29H,4-9,22H2,1-3H3,(H,26,34)(H,27,32)(H,28,33)(H,30,31)(H,35,36)(H4,23,24,25). The Bertz CT molecular complexity index is 799. The fourth-order valence-electron chi connectivity index (χ4n) is 3.08. The van der Waals surface area contributed by atoms with Crippen LogP contribution >= 0.6 is 0 Å². The lowest BCUT2D eigenvalue weighted by Gasteiger charge is -2.26. The summed E-state index contributed by atoms with van der Waals surface area (Å²) in [7, 11) is 0. The predicted molar refractivity (Wildman–Crippen MR) is 129 cm³/mol. The van der Waals surface area contributed by atoms with E-state index < -0.39 is 66.4 Å². The van der Waals surface area contributed by atoms with Gasteiger partial charge in [0.05, 0.1) is 12.1 Å². The maximum atomic E-state index is 13.0. The summed E-state index contributed by atoms with van der Waals surface area (Å²) in [6, 6.07) is -5.18. The zero-order chi connectivity index (χ0) is 28.0. The quantitative estimate of drug-likeness (QED) is 0.0539. The van der Waals surface area contributed by atoms with Gasteiger partial charge in [0.25, 0.3) is 0 Å². The van der Waals surface area contributed by atoms with Crippen LogP contribution in [0.3, 0.4) is 0 Å². The average Bonchev–Trinajstić information content (AvgIpc) is 2.75. The van der Waals surface area contributed by atoms with Crippen LogP contribution in [0.4, 0.5) is 0 Å². The summed E-state index contributed by atoms with van der Waals surface area (Å²) in [5, 5.41) is 34.8. The number of carboxylic acid groups (broad SMARTS) is 2.